The number of carboxylic acid groups (broad SMARTS) is 1. The standard InChI is InChI=1S/C27H25F6NO2/c1-17(2)3-12-23(19-4-8-21(9-5-19)26(28,29)30)34-14-13-18(16-25(35)36)15-24(34)20-6-10-22(11-7-20)27(31,32)33/h4-11,18,23-24H,1,13-16H2,2H3,(H,35,36). The number of hydrogen-bond acceptors (Lipinski definition) is 2. The van der Waals surface area contributed by atoms with E-state index in [4.69, 9.17) is 0 Å². The zero-order valence-electron chi connectivity index (χ0n) is 19.5. The number of rotatable bonds is 5. The third-order valence-corrected chi connectivity index (χ3v) is 6.15. The molecule has 0 aliphatic carbocycles. The van der Waals surface area contributed by atoms with Crippen LogP contribution in [0.2, 0.25) is 0 Å². The van der Waals surface area contributed by atoms with Gasteiger partial charge in [0.15, 0.2) is 0 Å². The maximum atomic E-state index is 13.1. The van der Waals surface area contributed by atoms with Gasteiger partial charge in [-0.2, -0.15) is 26.3 Å². The molecule has 0 saturated carbocycles. The Hall–Kier alpha value is -3.25. The highest BCUT2D eigenvalue weighted by Crippen LogP contribution is 2.42. The van der Waals surface area contributed by atoms with Crippen molar-refractivity contribution in [3.05, 3.63) is 82.9 Å². The van der Waals surface area contributed by atoms with Crippen LogP contribution >= 0.6 is 0 Å². The van der Waals surface area contributed by atoms with Gasteiger partial charge in [0.25, 0.3) is 0 Å². The molecule has 0 radical (unpaired) electrons. The fraction of sp³-hybridized carbons (Fsp3) is 0.370. The SMILES string of the molecule is C=C(C)C#CC(c1ccc(C(F)(F)F)cc1)N1CCC(CC(=O)O)CC1c1ccc(C(F)(F)F)cc1. The molecule has 1 saturated heterocycles. The minimum absolute atomic E-state index is 0.0899. The summed E-state index contributed by atoms with van der Waals surface area (Å²) in [4.78, 5) is 13.2. The zero-order chi connectivity index (χ0) is 26.7. The largest absolute Gasteiger partial charge is 0.481 e. The zero-order valence-corrected chi connectivity index (χ0v) is 19.5. The van der Waals surface area contributed by atoms with Crippen LogP contribution in [0, 0.1) is 17.8 Å². The molecule has 0 amide bonds. The van der Waals surface area contributed by atoms with Gasteiger partial charge in [0, 0.05) is 19.0 Å². The van der Waals surface area contributed by atoms with Crippen molar-refractivity contribution in [1.29, 1.82) is 0 Å². The summed E-state index contributed by atoms with van der Waals surface area (Å²) < 4.78 is 78.6. The number of aliphatic carboxylic acids is 1. The molecule has 1 heterocycles. The Bertz CT molecular complexity index is 1140. The van der Waals surface area contributed by atoms with Crippen LogP contribution in [0.15, 0.2) is 60.7 Å². The molecular weight excluding hydrogens is 484 g/mol. The first-order valence-corrected chi connectivity index (χ1v) is 11.2. The number of carboxylic acids is 1. The van der Waals surface area contributed by atoms with Gasteiger partial charge in [-0.25, -0.2) is 0 Å². The number of hydrogen-bond donors (Lipinski definition) is 1. The van der Waals surface area contributed by atoms with E-state index in [1.54, 1.807) is 6.92 Å². The van der Waals surface area contributed by atoms with Gasteiger partial charge in [-0.15, -0.1) is 0 Å². The maximum Gasteiger partial charge on any atom is 0.416 e. The smallest absolute Gasteiger partial charge is 0.416 e. The first kappa shape index (κ1) is 27.3. The number of piperidine rings is 1. The normalized spacial score (nSPS) is 19.8. The van der Waals surface area contributed by atoms with Crippen LogP contribution in [-0.2, 0) is 17.1 Å². The van der Waals surface area contributed by atoms with Gasteiger partial charge in [0.1, 0.15) is 0 Å². The van der Waals surface area contributed by atoms with Crippen molar-refractivity contribution in [1.82, 2.24) is 4.90 Å². The van der Waals surface area contributed by atoms with Crippen molar-refractivity contribution >= 4 is 5.97 Å². The lowest BCUT2D eigenvalue weighted by atomic mass is 9.83. The van der Waals surface area contributed by atoms with Crippen molar-refractivity contribution in [2.24, 2.45) is 5.92 Å². The van der Waals surface area contributed by atoms with Crippen LogP contribution in [0.25, 0.3) is 0 Å². The molecule has 3 atom stereocenters. The Labute approximate surface area is 205 Å². The predicted octanol–water partition coefficient (Wildman–Crippen LogP) is 7.27. The van der Waals surface area contributed by atoms with Gasteiger partial charge in [0.2, 0.25) is 0 Å². The summed E-state index contributed by atoms with van der Waals surface area (Å²) in [5, 5.41) is 9.28. The molecular formula is C27H25F6NO2. The number of nitrogens with zero attached hydrogens (tertiary/aromatic N) is 1. The Balaban J connectivity index is 2.04. The number of benzene rings is 2. The molecule has 2 aromatic carbocycles. The van der Waals surface area contributed by atoms with Crippen molar-refractivity contribution < 1.29 is 36.2 Å². The van der Waals surface area contributed by atoms with Gasteiger partial charge in [-0.3, -0.25) is 9.69 Å². The highest BCUT2D eigenvalue weighted by molar-refractivity contribution is 5.67. The lowest BCUT2D eigenvalue weighted by Gasteiger charge is -2.42. The van der Waals surface area contributed by atoms with E-state index < -0.39 is 41.5 Å². The molecule has 3 nitrogen and oxygen atoms in total. The van der Waals surface area contributed by atoms with Gasteiger partial charge in [-0.05, 0) is 66.6 Å². The van der Waals surface area contributed by atoms with Crippen LogP contribution in [0.3, 0.4) is 0 Å². The molecule has 9 heteroatoms. The molecule has 2 aromatic rings. The van der Waals surface area contributed by atoms with Gasteiger partial charge in [-0.1, -0.05) is 42.7 Å². The molecule has 1 N–H and O–H groups in total. The Morgan fingerprint density at radius 1 is 1.03 bits per heavy atom. The minimum atomic E-state index is -4.51. The molecule has 3 rings (SSSR count). The van der Waals surface area contributed by atoms with E-state index in [2.05, 4.69) is 18.4 Å². The fourth-order valence-electron chi connectivity index (χ4n) is 4.42. The van der Waals surface area contributed by atoms with Crippen LogP contribution in [0.5, 0.6) is 0 Å². The van der Waals surface area contributed by atoms with Crippen LogP contribution in [0.1, 0.15) is 60.5 Å². The van der Waals surface area contributed by atoms with E-state index in [9.17, 15) is 36.2 Å². The lowest BCUT2D eigenvalue weighted by molar-refractivity contribution is -0.139. The summed E-state index contributed by atoms with van der Waals surface area (Å²) in [6.07, 6.45) is -8.26. The average molecular weight is 509 g/mol. The molecule has 1 aliphatic heterocycles. The number of allylic oxidation sites excluding steroid dienone is 1. The Kier molecular flexibility index (Phi) is 8.19. The third kappa shape index (κ3) is 6.91. The summed E-state index contributed by atoms with van der Waals surface area (Å²) >= 11 is 0. The molecule has 1 aliphatic rings. The summed E-state index contributed by atoms with van der Waals surface area (Å²) in [6, 6.07) is 8.12. The van der Waals surface area contributed by atoms with Crippen molar-refractivity contribution in [2.45, 2.75) is 50.6 Å². The Morgan fingerprint density at radius 2 is 1.56 bits per heavy atom. The second-order valence-corrected chi connectivity index (χ2v) is 8.93. The van der Waals surface area contributed by atoms with Crippen molar-refractivity contribution in [3.63, 3.8) is 0 Å². The first-order valence-electron chi connectivity index (χ1n) is 11.2. The van der Waals surface area contributed by atoms with E-state index in [1.807, 2.05) is 4.90 Å². The number of carbonyl (C=O) groups is 1. The van der Waals surface area contributed by atoms with Crippen LogP contribution < -0.4 is 0 Å². The molecule has 0 aromatic heterocycles. The third-order valence-electron chi connectivity index (χ3n) is 6.15. The van der Waals surface area contributed by atoms with E-state index in [1.165, 1.54) is 24.3 Å². The number of likely N-dealkylation sites (tertiary alicyclic amines) is 1. The van der Waals surface area contributed by atoms with Crippen LogP contribution in [0.4, 0.5) is 26.3 Å². The molecule has 0 bridgehead atoms. The quantitative estimate of drug-likeness (QED) is 0.340. The molecule has 1 fully saturated rings. The van der Waals surface area contributed by atoms with Crippen LogP contribution in [-0.4, -0.2) is 22.5 Å². The summed E-state index contributed by atoms with van der Waals surface area (Å²) in [5.74, 6) is 4.75. The van der Waals surface area contributed by atoms with Gasteiger partial charge >= 0.3 is 18.3 Å². The van der Waals surface area contributed by atoms with E-state index in [0.717, 1.165) is 24.3 Å². The Morgan fingerprint density at radius 3 is 2.03 bits per heavy atom. The van der Waals surface area contributed by atoms with Gasteiger partial charge in [0.05, 0.1) is 17.2 Å². The summed E-state index contributed by atoms with van der Waals surface area (Å²) in [7, 11) is 0. The molecule has 192 valence electrons. The van der Waals surface area contributed by atoms with Crippen molar-refractivity contribution in [3.8, 4) is 11.8 Å². The monoisotopic (exact) mass is 509 g/mol. The lowest BCUT2D eigenvalue weighted by Crippen LogP contribution is -2.39. The molecule has 0 spiro atoms. The maximum absolute atomic E-state index is 13.1. The molecule has 3 unspecified atom stereocenters. The highest BCUT2D eigenvalue weighted by Gasteiger charge is 2.37. The van der Waals surface area contributed by atoms with E-state index in [0.29, 0.717) is 36.1 Å². The second kappa shape index (κ2) is 10.8. The summed E-state index contributed by atoms with van der Waals surface area (Å²) in [6.45, 7) is 5.80. The predicted molar refractivity (Wildman–Crippen MR) is 123 cm³/mol. The number of halogens is 6. The van der Waals surface area contributed by atoms with Crippen molar-refractivity contribution in [2.75, 3.05) is 6.54 Å². The fourth-order valence-corrected chi connectivity index (χ4v) is 4.42. The second-order valence-electron chi connectivity index (χ2n) is 8.93. The first-order chi connectivity index (χ1) is 16.8. The topological polar surface area (TPSA) is 40.5 Å². The van der Waals surface area contributed by atoms with E-state index in [-0.39, 0.29) is 12.3 Å². The molecule has 36 heavy (non-hydrogen) atoms. The highest BCUT2D eigenvalue weighted by atomic mass is 19.4. The number of alkyl halides is 6. The van der Waals surface area contributed by atoms with E-state index >= 15 is 0 Å². The summed E-state index contributed by atoms with van der Waals surface area (Å²) in [5.41, 5.74) is -0.0365. The van der Waals surface area contributed by atoms with Gasteiger partial charge < -0.3 is 5.11 Å². The average Bonchev–Trinajstić information content (AvgIpc) is 2.78. The minimum Gasteiger partial charge on any atom is -0.481 e.